The van der Waals surface area contributed by atoms with Crippen LogP contribution in [0.25, 0.3) is 0 Å². The monoisotopic (exact) mass is 415 g/mol. The van der Waals surface area contributed by atoms with E-state index in [4.69, 9.17) is 6.42 Å². The SMILES string of the molecule is C#CCNC(=NCc1ccc(N(CC)CC)nc1)NCC.I. The van der Waals surface area contributed by atoms with Crippen molar-refractivity contribution in [2.24, 2.45) is 4.99 Å². The molecule has 6 heteroatoms. The van der Waals surface area contributed by atoms with E-state index in [0.717, 1.165) is 37.0 Å². The Morgan fingerprint density at radius 2 is 2.00 bits per heavy atom. The lowest BCUT2D eigenvalue weighted by Crippen LogP contribution is -2.37. The topological polar surface area (TPSA) is 52.6 Å². The lowest BCUT2D eigenvalue weighted by Gasteiger charge is -2.19. The van der Waals surface area contributed by atoms with Gasteiger partial charge in [0.25, 0.3) is 0 Å². The molecule has 0 saturated carbocycles. The zero-order valence-electron chi connectivity index (χ0n) is 13.6. The number of halogens is 1. The molecule has 2 N–H and O–H groups in total. The summed E-state index contributed by atoms with van der Waals surface area (Å²) in [6.45, 7) is 10.0. The zero-order chi connectivity index (χ0) is 15.5. The number of pyridine rings is 1. The smallest absolute Gasteiger partial charge is 0.192 e. The van der Waals surface area contributed by atoms with E-state index in [9.17, 15) is 0 Å². The Kier molecular flexibility index (Phi) is 11.3. The lowest BCUT2D eigenvalue weighted by atomic mass is 10.3. The predicted molar refractivity (Wildman–Crippen MR) is 105 cm³/mol. The quantitative estimate of drug-likeness (QED) is 0.311. The van der Waals surface area contributed by atoms with Gasteiger partial charge in [-0.25, -0.2) is 9.98 Å². The molecule has 122 valence electrons. The fraction of sp³-hybridized carbons (Fsp3) is 0.500. The Bertz CT molecular complexity index is 474. The molecule has 0 atom stereocenters. The van der Waals surface area contributed by atoms with Crippen molar-refractivity contribution in [3.63, 3.8) is 0 Å². The highest BCUT2D eigenvalue weighted by Crippen LogP contribution is 2.11. The minimum Gasteiger partial charge on any atom is -0.357 e. The van der Waals surface area contributed by atoms with Crippen molar-refractivity contribution >= 4 is 35.8 Å². The largest absolute Gasteiger partial charge is 0.357 e. The van der Waals surface area contributed by atoms with Gasteiger partial charge >= 0.3 is 0 Å². The van der Waals surface area contributed by atoms with Crippen LogP contribution in [0.1, 0.15) is 26.3 Å². The third-order valence-corrected chi connectivity index (χ3v) is 3.02. The molecular formula is C16H26IN5. The molecule has 1 heterocycles. The van der Waals surface area contributed by atoms with E-state index >= 15 is 0 Å². The van der Waals surface area contributed by atoms with E-state index in [1.54, 1.807) is 0 Å². The van der Waals surface area contributed by atoms with Gasteiger partial charge in [0, 0.05) is 25.8 Å². The number of rotatable bonds is 7. The molecule has 1 aromatic heterocycles. The first kappa shape index (κ1) is 20.5. The number of hydrogen-bond acceptors (Lipinski definition) is 3. The average Bonchev–Trinajstić information content (AvgIpc) is 2.52. The van der Waals surface area contributed by atoms with E-state index in [-0.39, 0.29) is 24.0 Å². The van der Waals surface area contributed by atoms with Crippen LogP contribution in [0, 0.1) is 12.3 Å². The number of anilines is 1. The van der Waals surface area contributed by atoms with Crippen molar-refractivity contribution in [1.82, 2.24) is 15.6 Å². The molecule has 0 unspecified atom stereocenters. The van der Waals surface area contributed by atoms with Crippen LogP contribution in [0.4, 0.5) is 5.82 Å². The molecule has 1 rings (SSSR count). The highest BCUT2D eigenvalue weighted by molar-refractivity contribution is 14.0. The Hall–Kier alpha value is -1.49. The number of aromatic nitrogens is 1. The summed E-state index contributed by atoms with van der Waals surface area (Å²) >= 11 is 0. The van der Waals surface area contributed by atoms with Gasteiger partial charge in [-0.2, -0.15) is 0 Å². The summed E-state index contributed by atoms with van der Waals surface area (Å²) in [6.07, 6.45) is 7.12. The molecule has 0 fully saturated rings. The first-order valence-electron chi connectivity index (χ1n) is 7.40. The molecule has 1 aromatic rings. The normalized spacial score (nSPS) is 10.4. The molecule has 22 heavy (non-hydrogen) atoms. The Labute approximate surface area is 151 Å². The van der Waals surface area contributed by atoms with Gasteiger partial charge in [0.05, 0.1) is 13.1 Å². The maximum absolute atomic E-state index is 5.24. The highest BCUT2D eigenvalue weighted by atomic mass is 127. The Morgan fingerprint density at radius 3 is 2.50 bits per heavy atom. The van der Waals surface area contributed by atoms with E-state index in [2.05, 4.69) is 51.3 Å². The zero-order valence-corrected chi connectivity index (χ0v) is 15.9. The van der Waals surface area contributed by atoms with Gasteiger partial charge in [-0.15, -0.1) is 30.4 Å². The van der Waals surface area contributed by atoms with E-state index in [1.807, 2.05) is 19.2 Å². The minimum absolute atomic E-state index is 0. The standard InChI is InChI=1S/C16H25N5.HI/c1-5-11-18-16(17-6-2)20-13-14-9-10-15(19-12-14)21(7-3)8-4;/h1,9-10,12H,6-8,11,13H2,2-4H3,(H2,17,18,20);1H. The summed E-state index contributed by atoms with van der Waals surface area (Å²) in [4.78, 5) is 11.2. The van der Waals surface area contributed by atoms with E-state index < -0.39 is 0 Å². The summed E-state index contributed by atoms with van der Waals surface area (Å²) in [5, 5.41) is 6.21. The van der Waals surface area contributed by atoms with E-state index in [0.29, 0.717) is 13.1 Å². The first-order valence-corrected chi connectivity index (χ1v) is 7.40. The van der Waals surface area contributed by atoms with Crippen molar-refractivity contribution in [2.75, 3.05) is 31.1 Å². The van der Waals surface area contributed by atoms with Gasteiger partial charge in [0.15, 0.2) is 5.96 Å². The molecule has 0 aliphatic carbocycles. The third-order valence-electron chi connectivity index (χ3n) is 3.02. The van der Waals surface area contributed by atoms with Crippen LogP contribution in [0.3, 0.4) is 0 Å². The van der Waals surface area contributed by atoms with Gasteiger partial charge in [-0.05, 0) is 32.4 Å². The second-order valence-corrected chi connectivity index (χ2v) is 4.45. The molecule has 0 bridgehead atoms. The highest BCUT2D eigenvalue weighted by Gasteiger charge is 2.03. The van der Waals surface area contributed by atoms with Gasteiger partial charge in [-0.1, -0.05) is 12.0 Å². The van der Waals surface area contributed by atoms with Crippen LogP contribution in [-0.2, 0) is 6.54 Å². The van der Waals surface area contributed by atoms with Gasteiger partial charge in [-0.3, -0.25) is 0 Å². The Morgan fingerprint density at radius 1 is 1.27 bits per heavy atom. The fourth-order valence-electron chi connectivity index (χ4n) is 1.89. The Balaban J connectivity index is 0.00000441. The molecular weight excluding hydrogens is 389 g/mol. The molecule has 0 aliphatic heterocycles. The number of nitrogens with zero attached hydrogens (tertiary/aromatic N) is 3. The fourth-order valence-corrected chi connectivity index (χ4v) is 1.89. The molecule has 0 saturated heterocycles. The second-order valence-electron chi connectivity index (χ2n) is 4.45. The van der Waals surface area contributed by atoms with Crippen LogP contribution in [0.15, 0.2) is 23.3 Å². The number of guanidine groups is 1. The lowest BCUT2D eigenvalue weighted by molar-refractivity contribution is 0.840. The van der Waals surface area contributed by atoms with Gasteiger partial charge in [0.1, 0.15) is 5.82 Å². The molecule has 5 nitrogen and oxygen atoms in total. The average molecular weight is 415 g/mol. The minimum atomic E-state index is 0. The summed E-state index contributed by atoms with van der Waals surface area (Å²) < 4.78 is 0. The summed E-state index contributed by atoms with van der Waals surface area (Å²) in [7, 11) is 0. The van der Waals surface area contributed by atoms with Crippen molar-refractivity contribution in [2.45, 2.75) is 27.3 Å². The van der Waals surface area contributed by atoms with Gasteiger partial charge in [0.2, 0.25) is 0 Å². The maximum atomic E-state index is 5.24. The number of terminal acetylenes is 1. The van der Waals surface area contributed by atoms with Crippen molar-refractivity contribution in [3.05, 3.63) is 23.9 Å². The molecule has 0 radical (unpaired) electrons. The molecule has 0 spiro atoms. The third kappa shape index (κ3) is 6.98. The summed E-state index contributed by atoms with van der Waals surface area (Å²) in [5.41, 5.74) is 1.07. The van der Waals surface area contributed by atoms with Crippen LogP contribution < -0.4 is 15.5 Å². The van der Waals surface area contributed by atoms with Crippen molar-refractivity contribution < 1.29 is 0 Å². The first-order chi connectivity index (χ1) is 10.2. The van der Waals surface area contributed by atoms with Crippen LogP contribution in [0.2, 0.25) is 0 Å². The van der Waals surface area contributed by atoms with Crippen molar-refractivity contribution in [3.8, 4) is 12.3 Å². The van der Waals surface area contributed by atoms with Crippen molar-refractivity contribution in [1.29, 1.82) is 0 Å². The van der Waals surface area contributed by atoms with E-state index in [1.165, 1.54) is 0 Å². The van der Waals surface area contributed by atoms with Crippen LogP contribution in [0.5, 0.6) is 0 Å². The van der Waals surface area contributed by atoms with Gasteiger partial charge < -0.3 is 15.5 Å². The molecule has 0 aliphatic rings. The number of nitrogens with one attached hydrogen (secondary N) is 2. The summed E-state index contributed by atoms with van der Waals surface area (Å²) in [6, 6.07) is 4.11. The summed E-state index contributed by atoms with van der Waals surface area (Å²) in [5.74, 6) is 4.27. The number of aliphatic imine (C=N–C) groups is 1. The number of hydrogen-bond donors (Lipinski definition) is 2. The van der Waals surface area contributed by atoms with Crippen LogP contribution >= 0.6 is 24.0 Å². The molecule has 0 amide bonds. The molecule has 0 aromatic carbocycles. The maximum Gasteiger partial charge on any atom is 0.192 e. The second kappa shape index (κ2) is 12.1. The predicted octanol–water partition coefficient (Wildman–Crippen LogP) is 2.23. The van der Waals surface area contributed by atoms with Crippen LogP contribution in [-0.4, -0.2) is 37.1 Å².